The minimum Gasteiger partial charge on any atom is -0.480 e. The van der Waals surface area contributed by atoms with E-state index >= 15 is 0 Å². The zero-order chi connectivity index (χ0) is 17.3. The fourth-order valence-electron chi connectivity index (χ4n) is 2.44. The van der Waals surface area contributed by atoms with Gasteiger partial charge in [0.1, 0.15) is 11.6 Å². The lowest BCUT2D eigenvalue weighted by Gasteiger charge is -2.37. The van der Waals surface area contributed by atoms with Gasteiger partial charge in [0.2, 0.25) is 0 Å². The molecule has 0 aliphatic carbocycles. The van der Waals surface area contributed by atoms with Crippen LogP contribution in [0, 0.1) is 0 Å². The third kappa shape index (κ3) is 5.55. The van der Waals surface area contributed by atoms with Crippen LogP contribution in [0.4, 0.5) is 0 Å². The van der Waals surface area contributed by atoms with Gasteiger partial charge in [0, 0.05) is 13.0 Å². The van der Waals surface area contributed by atoms with Gasteiger partial charge < -0.3 is 15.1 Å². The molecule has 0 aliphatic rings. The molecule has 7 nitrogen and oxygen atoms in total. The van der Waals surface area contributed by atoms with Crippen molar-refractivity contribution in [2.45, 2.75) is 58.0 Å². The van der Waals surface area contributed by atoms with E-state index in [4.69, 9.17) is 4.74 Å². The number of carboxylic acid groups (broad SMARTS) is 1. The van der Waals surface area contributed by atoms with Crippen molar-refractivity contribution in [2.24, 2.45) is 0 Å². The molecular weight excluding hydrogens is 288 g/mol. The van der Waals surface area contributed by atoms with E-state index in [1.807, 2.05) is 0 Å². The quantitative estimate of drug-likeness (QED) is 0.340. The highest BCUT2D eigenvalue weighted by Gasteiger charge is 2.44. The highest BCUT2D eigenvalue weighted by atomic mass is 16.5. The van der Waals surface area contributed by atoms with Crippen LogP contribution >= 0.6 is 0 Å². The standard InChI is InChI=1S/C15H30N2O5/c1-6-8-9-10-16(4)12(13(18)19)11-15(3,14(20)22-5)17(21)7-2/h12,21H,6-11H2,1-5H3,(H,18,19). The topological polar surface area (TPSA) is 90.3 Å². The van der Waals surface area contributed by atoms with Crippen LogP contribution in [0.1, 0.15) is 46.5 Å². The maximum Gasteiger partial charge on any atom is 0.328 e. The van der Waals surface area contributed by atoms with Crippen LogP contribution in [0.5, 0.6) is 0 Å². The molecule has 2 atom stereocenters. The van der Waals surface area contributed by atoms with Crippen LogP contribution in [0.3, 0.4) is 0 Å². The number of ether oxygens (including phenoxy) is 1. The Labute approximate surface area is 132 Å². The largest absolute Gasteiger partial charge is 0.480 e. The molecule has 22 heavy (non-hydrogen) atoms. The Bertz CT molecular complexity index is 364. The number of aliphatic carboxylic acids is 1. The number of nitrogens with zero attached hydrogens (tertiary/aromatic N) is 2. The third-order valence-corrected chi connectivity index (χ3v) is 4.02. The predicted molar refractivity (Wildman–Crippen MR) is 82.8 cm³/mol. The Kier molecular flexibility index (Phi) is 9.24. The van der Waals surface area contributed by atoms with Gasteiger partial charge in [0.15, 0.2) is 0 Å². The Balaban J connectivity index is 5.15. The zero-order valence-corrected chi connectivity index (χ0v) is 14.3. The molecule has 2 N–H and O–H groups in total. The number of hydrogen-bond donors (Lipinski definition) is 2. The number of carbonyl (C=O) groups excluding carboxylic acids is 1. The first-order valence-electron chi connectivity index (χ1n) is 7.72. The van der Waals surface area contributed by atoms with Gasteiger partial charge in [-0.15, -0.1) is 0 Å². The summed E-state index contributed by atoms with van der Waals surface area (Å²) < 4.78 is 4.75. The van der Waals surface area contributed by atoms with E-state index in [0.717, 1.165) is 24.3 Å². The van der Waals surface area contributed by atoms with Gasteiger partial charge in [-0.1, -0.05) is 26.7 Å². The SMILES string of the molecule is CCCCCN(C)C(CC(C)(C(=O)OC)N(O)CC)C(=O)O. The first kappa shape index (κ1) is 20.8. The van der Waals surface area contributed by atoms with Crippen LogP contribution in [0.15, 0.2) is 0 Å². The van der Waals surface area contributed by atoms with E-state index in [9.17, 15) is 19.9 Å². The van der Waals surface area contributed by atoms with Crippen molar-refractivity contribution in [1.29, 1.82) is 0 Å². The molecule has 0 amide bonds. The minimum absolute atomic E-state index is 0.0536. The first-order valence-corrected chi connectivity index (χ1v) is 7.72. The second-order valence-corrected chi connectivity index (χ2v) is 5.73. The van der Waals surface area contributed by atoms with Crippen molar-refractivity contribution in [2.75, 3.05) is 27.2 Å². The van der Waals surface area contributed by atoms with Gasteiger partial charge in [0.25, 0.3) is 0 Å². The summed E-state index contributed by atoms with van der Waals surface area (Å²) in [4.78, 5) is 25.3. The molecule has 0 saturated heterocycles. The van der Waals surface area contributed by atoms with Crippen molar-refractivity contribution in [3.05, 3.63) is 0 Å². The lowest BCUT2D eigenvalue weighted by Crippen LogP contribution is -2.56. The number of methoxy groups -OCH3 is 1. The molecule has 0 aromatic rings. The third-order valence-electron chi connectivity index (χ3n) is 4.02. The second kappa shape index (κ2) is 9.76. The minimum atomic E-state index is -1.40. The number of unbranched alkanes of at least 4 members (excludes halogenated alkanes) is 2. The molecule has 2 unspecified atom stereocenters. The van der Waals surface area contributed by atoms with E-state index < -0.39 is 23.5 Å². The Morgan fingerprint density at radius 2 is 1.86 bits per heavy atom. The van der Waals surface area contributed by atoms with E-state index in [-0.39, 0.29) is 13.0 Å². The smallest absolute Gasteiger partial charge is 0.328 e. The number of rotatable bonds is 11. The number of carbonyl (C=O) groups is 2. The molecule has 7 heteroatoms. The lowest BCUT2D eigenvalue weighted by atomic mass is 9.91. The number of likely N-dealkylation sites (N-methyl/N-ethyl adjacent to an activating group) is 2. The molecule has 0 heterocycles. The van der Waals surface area contributed by atoms with Gasteiger partial charge in [-0.05, 0) is 26.9 Å². The van der Waals surface area contributed by atoms with Gasteiger partial charge in [0.05, 0.1) is 7.11 Å². The van der Waals surface area contributed by atoms with Crippen molar-refractivity contribution >= 4 is 11.9 Å². The number of carboxylic acids is 1. The summed E-state index contributed by atoms with van der Waals surface area (Å²) in [6, 6.07) is -0.873. The molecule has 130 valence electrons. The molecular formula is C15H30N2O5. The summed E-state index contributed by atoms with van der Waals surface area (Å²) in [6.07, 6.45) is 2.90. The van der Waals surface area contributed by atoms with Crippen LogP contribution < -0.4 is 0 Å². The molecule has 0 saturated carbocycles. The average molecular weight is 318 g/mol. The van der Waals surface area contributed by atoms with Crippen LogP contribution in [0.25, 0.3) is 0 Å². The maximum absolute atomic E-state index is 12.0. The molecule has 0 aromatic heterocycles. The molecule has 0 radical (unpaired) electrons. The summed E-state index contributed by atoms with van der Waals surface area (Å²) in [5.74, 6) is -1.66. The van der Waals surface area contributed by atoms with Crippen molar-refractivity contribution in [3.63, 3.8) is 0 Å². The summed E-state index contributed by atoms with van der Waals surface area (Å²) in [6.45, 7) is 6.07. The Morgan fingerprint density at radius 1 is 1.27 bits per heavy atom. The van der Waals surface area contributed by atoms with Crippen molar-refractivity contribution < 1.29 is 24.6 Å². The number of esters is 1. The summed E-state index contributed by atoms with van der Waals surface area (Å²) >= 11 is 0. The van der Waals surface area contributed by atoms with Crippen LogP contribution in [-0.2, 0) is 14.3 Å². The Hall–Kier alpha value is -1.18. The molecule has 0 fully saturated rings. The first-order chi connectivity index (χ1) is 10.2. The summed E-state index contributed by atoms with van der Waals surface area (Å²) in [5.41, 5.74) is -1.40. The van der Waals surface area contributed by atoms with E-state index in [1.54, 1.807) is 18.9 Å². The molecule has 0 aromatic carbocycles. The highest BCUT2D eigenvalue weighted by molar-refractivity contribution is 5.82. The van der Waals surface area contributed by atoms with Gasteiger partial charge >= 0.3 is 11.9 Å². The molecule has 0 rings (SSSR count). The fraction of sp³-hybridized carbons (Fsp3) is 0.867. The van der Waals surface area contributed by atoms with Crippen molar-refractivity contribution in [1.82, 2.24) is 9.96 Å². The van der Waals surface area contributed by atoms with Crippen LogP contribution in [0.2, 0.25) is 0 Å². The average Bonchev–Trinajstić information content (AvgIpc) is 2.50. The predicted octanol–water partition coefficient (Wildman–Crippen LogP) is 1.59. The lowest BCUT2D eigenvalue weighted by molar-refractivity contribution is -0.199. The van der Waals surface area contributed by atoms with E-state index in [0.29, 0.717) is 6.54 Å². The van der Waals surface area contributed by atoms with E-state index in [1.165, 1.54) is 14.0 Å². The second-order valence-electron chi connectivity index (χ2n) is 5.73. The zero-order valence-electron chi connectivity index (χ0n) is 14.3. The van der Waals surface area contributed by atoms with E-state index in [2.05, 4.69) is 6.92 Å². The van der Waals surface area contributed by atoms with Gasteiger partial charge in [-0.3, -0.25) is 9.69 Å². The van der Waals surface area contributed by atoms with Crippen molar-refractivity contribution in [3.8, 4) is 0 Å². The molecule has 0 bridgehead atoms. The van der Waals surface area contributed by atoms with Crippen LogP contribution in [-0.4, -0.2) is 71.0 Å². The molecule has 0 aliphatic heterocycles. The number of hydroxylamine groups is 2. The summed E-state index contributed by atoms with van der Waals surface area (Å²) in [5, 5.41) is 20.3. The monoisotopic (exact) mass is 318 g/mol. The normalized spacial score (nSPS) is 15.6. The summed E-state index contributed by atoms with van der Waals surface area (Å²) in [7, 11) is 2.95. The fourth-order valence-corrected chi connectivity index (χ4v) is 2.44. The maximum atomic E-state index is 12.0. The number of hydrogen-bond acceptors (Lipinski definition) is 6. The van der Waals surface area contributed by atoms with Gasteiger partial charge in [-0.25, -0.2) is 4.79 Å². The Morgan fingerprint density at radius 3 is 2.27 bits per heavy atom. The highest BCUT2D eigenvalue weighted by Crippen LogP contribution is 2.24. The molecule has 0 spiro atoms. The van der Waals surface area contributed by atoms with Gasteiger partial charge in [-0.2, -0.15) is 5.06 Å².